The van der Waals surface area contributed by atoms with Crippen LogP contribution in [0.5, 0.6) is 0 Å². The minimum atomic E-state index is -4.41. The van der Waals surface area contributed by atoms with E-state index in [1.807, 2.05) is 13.8 Å². The molecule has 0 radical (unpaired) electrons. The van der Waals surface area contributed by atoms with Gasteiger partial charge in [-0.3, -0.25) is 51.2 Å². The second-order valence-electron chi connectivity index (χ2n) is 26.7. The highest BCUT2D eigenvalue weighted by Gasteiger charge is 2.50. The largest absolute Gasteiger partial charge is 0.447 e. The van der Waals surface area contributed by atoms with Crippen molar-refractivity contribution in [1.82, 2.24) is 85.4 Å². The van der Waals surface area contributed by atoms with Gasteiger partial charge in [-0.15, -0.1) is 0 Å². The van der Waals surface area contributed by atoms with Crippen LogP contribution in [0, 0.1) is 6.92 Å². The molecule has 0 aliphatic carbocycles. The number of H-pyrrole nitrogens is 1. The number of amides is 1. The Kier molecular flexibility index (Phi) is 29.2. The molecule has 0 spiro atoms. The van der Waals surface area contributed by atoms with E-state index in [9.17, 15) is 28.8 Å². The summed E-state index contributed by atoms with van der Waals surface area (Å²) in [7, 11) is -4.65. The number of anilines is 3. The van der Waals surface area contributed by atoms with Crippen molar-refractivity contribution in [1.29, 1.82) is 0 Å². The Morgan fingerprint density at radius 2 is 0.868 bits per heavy atom. The molecular weight excluding hydrogens is 1480 g/mol. The summed E-state index contributed by atoms with van der Waals surface area (Å²) in [5, 5.41) is 8.88. The number of carbonyl (C=O) groups is 1. The molecule has 9 rings (SSSR count). The average Bonchev–Trinajstić information content (AvgIpc) is 0.778. The molecule has 5 fully saturated rings. The molecule has 5 aliphatic rings. The normalized spacial score (nSPS) is 25.2. The summed E-state index contributed by atoms with van der Waals surface area (Å²) in [5.41, 5.74) is 14.0. The van der Waals surface area contributed by atoms with Gasteiger partial charge in [0.15, 0.2) is 24.9 Å². The standard InChI is InChI=1S/C59H101N21O22P4/c1-41(2)72-29-43(99-50(33-72)77-15-12-47(60)63-55(77)83)37-96-104(89,68(6)7)74-31-45(101-52(34-74)79-17-14-49(62)65-57(79)85)39-97-106(91,70(10)11)76-32-46(102-53(36-76)80-28-42(3)54(82)66-58(80)86)40-98-105(90,69(8)9)75-30-44(100-51(35-75)78-16-13-48(61)64-56(78)84)38-95-103(88,67(4)5)73-20-18-71(19-21-73)59(87)94-27-26-93-25-24-92-23-22-81/h12-17,28,41,43-46,50-53,81H,18-27,29-40H2,1-11H3,(H2,60,63,83)(H2,61,64,84)(H2,62,65,85)(H,66,82,86)/t43-,44-,45-,46-,50+,51+,52+,53+,103?,104?,105?,106?/m0/s1. The maximum absolute atomic E-state index is 16.1. The fourth-order valence-corrected chi connectivity index (χ4v) is 20.2. The third-order valence-corrected chi connectivity index (χ3v) is 28.2. The van der Waals surface area contributed by atoms with Gasteiger partial charge in [-0.1, -0.05) is 0 Å². The lowest BCUT2D eigenvalue weighted by atomic mass is 10.2. The molecule has 47 heteroatoms. The number of aryl methyl sites for hydroxylation is 1. The number of nitrogens with zero attached hydrogens (tertiary/aromatic N) is 17. The highest BCUT2D eigenvalue weighted by atomic mass is 31.2. The minimum absolute atomic E-state index is 0.0119. The summed E-state index contributed by atoms with van der Waals surface area (Å²) in [5.74, 6) is -0.123. The highest BCUT2D eigenvalue weighted by molar-refractivity contribution is 7.54. The zero-order valence-corrected chi connectivity index (χ0v) is 65.0. The van der Waals surface area contributed by atoms with Gasteiger partial charge in [-0.05, 0) is 95.4 Å². The summed E-state index contributed by atoms with van der Waals surface area (Å²) in [6, 6.07) is 4.23. The molecular formula is C59H101N21O22P4. The van der Waals surface area contributed by atoms with Crippen molar-refractivity contribution in [3.05, 3.63) is 101 Å². The Labute approximate surface area is 611 Å². The van der Waals surface area contributed by atoms with E-state index in [0.29, 0.717) is 13.1 Å². The maximum Gasteiger partial charge on any atom is 0.409 e. The van der Waals surface area contributed by atoms with Gasteiger partial charge in [0.2, 0.25) is 0 Å². The summed E-state index contributed by atoms with van der Waals surface area (Å²) in [4.78, 5) is 97.5. The Morgan fingerprint density at radius 3 is 1.24 bits per heavy atom. The molecule has 12 atom stereocenters. The molecule has 4 aromatic rings. The molecule has 0 aromatic carbocycles. The monoisotopic (exact) mass is 1580 g/mol. The van der Waals surface area contributed by atoms with Crippen LogP contribution in [0.1, 0.15) is 44.3 Å². The molecule has 0 saturated carbocycles. The lowest BCUT2D eigenvalue weighted by Gasteiger charge is -2.46. The van der Waals surface area contributed by atoms with Crippen LogP contribution < -0.4 is 45.5 Å². The summed E-state index contributed by atoms with van der Waals surface area (Å²) >= 11 is 0. The van der Waals surface area contributed by atoms with Crippen LogP contribution in [0.4, 0.5) is 22.2 Å². The Bertz CT molecular complexity index is 4140. The smallest absolute Gasteiger partial charge is 0.409 e. The van der Waals surface area contributed by atoms with E-state index in [4.69, 9.17) is 73.6 Å². The van der Waals surface area contributed by atoms with Gasteiger partial charge in [0.25, 0.3) is 5.56 Å². The molecule has 0 bridgehead atoms. The molecule has 4 unspecified atom stereocenters. The van der Waals surface area contributed by atoms with Gasteiger partial charge in [-0.2, -0.15) is 15.0 Å². The number of hydrogen-bond acceptors (Lipinski definition) is 29. The first-order valence-electron chi connectivity index (χ1n) is 34.3. The Balaban J connectivity index is 0.947. The quantitative estimate of drug-likeness (QED) is 0.0285. The van der Waals surface area contributed by atoms with Gasteiger partial charge in [0.05, 0.1) is 104 Å². The Morgan fingerprint density at radius 1 is 0.519 bits per heavy atom. The molecule has 5 aliphatic heterocycles. The number of nitrogen functional groups attached to an aromatic ring is 3. The van der Waals surface area contributed by atoms with E-state index in [1.165, 1.54) is 120 Å². The predicted octanol–water partition coefficient (Wildman–Crippen LogP) is -0.907. The number of aromatic amines is 1. The van der Waals surface area contributed by atoms with Crippen LogP contribution >= 0.6 is 30.7 Å². The topological polar surface area (TPSA) is 477 Å². The lowest BCUT2D eigenvalue weighted by molar-refractivity contribution is -0.142. The van der Waals surface area contributed by atoms with Crippen LogP contribution in [0.2, 0.25) is 0 Å². The number of rotatable bonds is 33. The molecule has 4 aromatic heterocycles. The van der Waals surface area contributed by atoms with E-state index in [-0.39, 0.29) is 141 Å². The van der Waals surface area contributed by atoms with Crippen molar-refractivity contribution >= 4 is 54.2 Å². The van der Waals surface area contributed by atoms with E-state index in [2.05, 4.69) is 24.8 Å². The molecule has 106 heavy (non-hydrogen) atoms. The predicted molar refractivity (Wildman–Crippen MR) is 384 cm³/mol. The van der Waals surface area contributed by atoms with Crippen molar-refractivity contribution in [3.8, 4) is 0 Å². The molecule has 5 saturated heterocycles. The number of carbonyl (C=O) groups excluding carboxylic acids is 1. The molecule has 594 valence electrons. The van der Waals surface area contributed by atoms with Crippen LogP contribution in [0.15, 0.2) is 67.0 Å². The second kappa shape index (κ2) is 36.8. The fraction of sp³-hybridized carbons (Fsp3) is 0.712. The molecule has 43 nitrogen and oxygen atoms in total. The molecule has 9 heterocycles. The third-order valence-electron chi connectivity index (χ3n) is 18.0. The average molecular weight is 1580 g/mol. The van der Waals surface area contributed by atoms with Crippen LogP contribution in [-0.4, -0.2) is 328 Å². The number of ether oxygens (including phenoxy) is 7. The first-order chi connectivity index (χ1) is 50.1. The van der Waals surface area contributed by atoms with Crippen LogP contribution in [0.3, 0.4) is 0 Å². The number of aliphatic hydroxyl groups is 1. The summed E-state index contributed by atoms with van der Waals surface area (Å²) in [6.45, 7) is 3.97. The number of nitrogens with two attached hydrogens (primary N) is 3. The van der Waals surface area contributed by atoms with E-state index < -0.39 is 134 Å². The number of morpholine rings is 4. The number of aromatic nitrogens is 8. The van der Waals surface area contributed by atoms with Crippen molar-refractivity contribution in [3.63, 3.8) is 0 Å². The van der Waals surface area contributed by atoms with Crippen LogP contribution in [0.25, 0.3) is 0 Å². The van der Waals surface area contributed by atoms with Gasteiger partial charge < -0.3 is 78.5 Å². The molecule has 1 amide bonds. The SMILES string of the molecule is Cc1cn([C@H]2CN(P(=O)(OC[C@@H]3CN(P(=O)(OC[C@@H]4CN(C(C)C)C[C@H](n5ccc(N)nc5=O)O4)N(C)C)C[C@H](n4ccc(N)nc4=O)O3)N(C)C)C[C@@H](COP(=O)(N(C)C)N3C[C@@H](COP(=O)(N(C)C)N4CCN(C(=O)OCCOCCOCCO)CC4)O[C@@H](n4ccc(N)nc4=O)C3)O2)c(=O)[nH]c1=O. The van der Waals surface area contributed by atoms with Crippen LogP contribution in [-0.2, 0) is 69.5 Å². The minimum Gasteiger partial charge on any atom is -0.447 e. The lowest BCUT2D eigenvalue weighted by Crippen LogP contribution is -2.52. The first kappa shape index (κ1) is 84.1. The van der Waals surface area contributed by atoms with Gasteiger partial charge in [-0.25, -0.2) is 61.3 Å². The van der Waals surface area contributed by atoms with Gasteiger partial charge >= 0.3 is 59.5 Å². The van der Waals surface area contributed by atoms with E-state index in [0.717, 1.165) is 13.7 Å². The number of nitrogens with one attached hydrogen (secondary N) is 1. The first-order valence-corrected chi connectivity index (χ1v) is 40.4. The van der Waals surface area contributed by atoms with Crippen molar-refractivity contribution < 1.29 is 79.4 Å². The Hall–Kier alpha value is -5.89. The maximum atomic E-state index is 16.1. The van der Waals surface area contributed by atoms with E-state index >= 15 is 18.3 Å². The number of aliphatic hydroxyl groups excluding tert-OH is 1. The second-order valence-corrected chi connectivity index (χ2v) is 37.1. The fourth-order valence-electron chi connectivity index (χ4n) is 12.3. The summed E-state index contributed by atoms with van der Waals surface area (Å²) in [6.07, 6.45) is -3.96. The van der Waals surface area contributed by atoms with Gasteiger partial charge in [0.1, 0.15) is 24.1 Å². The zero-order chi connectivity index (χ0) is 77.2. The zero-order valence-electron chi connectivity index (χ0n) is 61.4. The third kappa shape index (κ3) is 20.4. The number of piperazine rings is 1. The number of hydrogen-bond donors (Lipinski definition) is 5. The van der Waals surface area contributed by atoms with Gasteiger partial charge in [0, 0.05) is 95.3 Å². The summed E-state index contributed by atoms with van der Waals surface area (Å²) < 4.78 is 147. The van der Waals surface area contributed by atoms with Crippen molar-refractivity contribution in [2.45, 2.75) is 76.1 Å². The van der Waals surface area contributed by atoms with Crippen molar-refractivity contribution in [2.75, 3.05) is 218 Å². The highest BCUT2D eigenvalue weighted by Crippen LogP contribution is 2.59. The molecule has 8 N–H and O–H groups in total. The van der Waals surface area contributed by atoms with Crippen molar-refractivity contribution in [2.24, 2.45) is 0 Å². The van der Waals surface area contributed by atoms with E-state index in [1.54, 1.807) is 32.9 Å².